The van der Waals surface area contributed by atoms with E-state index in [-0.39, 0.29) is 0 Å². The van der Waals surface area contributed by atoms with Crippen LogP contribution in [0.5, 0.6) is 0 Å². The van der Waals surface area contributed by atoms with Crippen LogP contribution in [-0.2, 0) is 6.54 Å². The molecule has 27 heavy (non-hydrogen) atoms. The Balaban J connectivity index is 1.27. The van der Waals surface area contributed by atoms with Gasteiger partial charge in [-0.15, -0.1) is 0 Å². The molecule has 4 fully saturated rings. The van der Waals surface area contributed by atoms with Crippen LogP contribution in [0.2, 0.25) is 10.0 Å². The molecule has 4 bridgehead atoms. The second kappa shape index (κ2) is 6.83. The number of benzene rings is 1. The Morgan fingerprint density at radius 2 is 1.70 bits per heavy atom. The lowest BCUT2D eigenvalue weighted by atomic mass is 9.48. The summed E-state index contributed by atoms with van der Waals surface area (Å²) in [6.07, 6.45) is 8.76. The van der Waals surface area contributed by atoms with Crippen molar-refractivity contribution in [3.8, 4) is 11.3 Å². The lowest BCUT2D eigenvalue weighted by Crippen LogP contribution is -2.54. The maximum absolute atomic E-state index is 6.31. The van der Waals surface area contributed by atoms with Crippen LogP contribution in [0.15, 0.2) is 34.7 Å². The summed E-state index contributed by atoms with van der Waals surface area (Å²) in [5.74, 6) is 4.70. The summed E-state index contributed by atoms with van der Waals surface area (Å²) in [5, 5.41) is 5.12. The summed E-state index contributed by atoms with van der Waals surface area (Å²) in [7, 11) is 0. The fourth-order valence-electron chi connectivity index (χ4n) is 6.48. The number of nitrogens with one attached hydrogen (secondary N) is 1. The minimum absolute atomic E-state index is 0.514. The second-order valence-electron chi connectivity index (χ2n) is 9.27. The van der Waals surface area contributed by atoms with Crippen molar-refractivity contribution in [2.24, 2.45) is 23.2 Å². The summed E-state index contributed by atoms with van der Waals surface area (Å²) in [6, 6.07) is 10.0. The largest absolute Gasteiger partial charge is 0.460 e. The molecule has 2 aromatic rings. The first-order valence-electron chi connectivity index (χ1n) is 10.3. The first-order valence-corrected chi connectivity index (χ1v) is 11.0. The SMILES string of the molecule is C[C@H](NCc1ccc(-c2cc(Cl)ccc2Cl)o1)C12CC3CC(CC(C3)C1)C2. The molecular formula is C23H27Cl2NO. The van der Waals surface area contributed by atoms with Crippen molar-refractivity contribution in [2.45, 2.75) is 58.0 Å². The molecule has 2 nitrogen and oxygen atoms in total. The molecular weight excluding hydrogens is 377 g/mol. The third kappa shape index (κ3) is 3.34. The fraction of sp³-hybridized carbons (Fsp3) is 0.565. The zero-order chi connectivity index (χ0) is 18.6. The summed E-state index contributed by atoms with van der Waals surface area (Å²) >= 11 is 12.4. The van der Waals surface area contributed by atoms with Gasteiger partial charge in [0, 0.05) is 16.6 Å². The van der Waals surface area contributed by atoms with E-state index in [1.165, 1.54) is 38.5 Å². The highest BCUT2D eigenvalue weighted by molar-refractivity contribution is 6.35. The van der Waals surface area contributed by atoms with Crippen molar-refractivity contribution in [3.63, 3.8) is 0 Å². The van der Waals surface area contributed by atoms with E-state index in [0.717, 1.165) is 41.4 Å². The zero-order valence-electron chi connectivity index (χ0n) is 15.8. The number of hydrogen-bond donors (Lipinski definition) is 1. The molecule has 0 aliphatic heterocycles. The molecule has 0 spiro atoms. The molecule has 1 atom stereocenters. The predicted molar refractivity (Wildman–Crippen MR) is 111 cm³/mol. The van der Waals surface area contributed by atoms with Crippen LogP contribution in [0.3, 0.4) is 0 Å². The highest BCUT2D eigenvalue weighted by Crippen LogP contribution is 2.61. The molecule has 0 radical (unpaired) electrons. The molecule has 1 N–H and O–H groups in total. The van der Waals surface area contributed by atoms with Crippen molar-refractivity contribution in [2.75, 3.05) is 0 Å². The van der Waals surface area contributed by atoms with Gasteiger partial charge < -0.3 is 9.73 Å². The number of hydrogen-bond acceptors (Lipinski definition) is 2. The third-order valence-corrected chi connectivity index (χ3v) is 8.01. The Kier molecular flexibility index (Phi) is 4.57. The van der Waals surface area contributed by atoms with E-state index in [1.807, 2.05) is 24.3 Å². The van der Waals surface area contributed by atoms with Gasteiger partial charge >= 0.3 is 0 Å². The lowest BCUT2D eigenvalue weighted by molar-refractivity contribution is -0.0708. The normalized spacial score (nSPS) is 32.8. The summed E-state index contributed by atoms with van der Waals surface area (Å²) < 4.78 is 6.07. The molecule has 0 amide bonds. The number of rotatable bonds is 5. The van der Waals surface area contributed by atoms with Gasteiger partial charge in [-0.2, -0.15) is 0 Å². The molecule has 4 heteroatoms. The average Bonchev–Trinajstić information content (AvgIpc) is 3.09. The highest BCUT2D eigenvalue weighted by atomic mass is 35.5. The molecule has 1 aromatic heterocycles. The number of furan rings is 1. The van der Waals surface area contributed by atoms with Gasteiger partial charge in [0.05, 0.1) is 11.6 Å². The van der Waals surface area contributed by atoms with Gasteiger partial charge in [0.1, 0.15) is 11.5 Å². The highest BCUT2D eigenvalue weighted by Gasteiger charge is 2.52. The van der Waals surface area contributed by atoms with E-state index in [1.54, 1.807) is 6.07 Å². The zero-order valence-corrected chi connectivity index (χ0v) is 17.3. The van der Waals surface area contributed by atoms with Gasteiger partial charge in [-0.1, -0.05) is 23.2 Å². The van der Waals surface area contributed by atoms with Crippen LogP contribution in [-0.4, -0.2) is 6.04 Å². The van der Waals surface area contributed by atoms with Crippen LogP contribution in [0, 0.1) is 23.2 Å². The van der Waals surface area contributed by atoms with E-state index >= 15 is 0 Å². The van der Waals surface area contributed by atoms with Crippen LogP contribution in [0.1, 0.15) is 51.2 Å². The van der Waals surface area contributed by atoms with Gasteiger partial charge in [0.25, 0.3) is 0 Å². The van der Waals surface area contributed by atoms with Gasteiger partial charge in [-0.05, 0) is 98.9 Å². The standard InChI is InChI=1S/C23H27Cl2NO/c1-14(23-10-15-6-16(11-23)8-17(7-15)12-23)26-13-19-3-5-22(27-19)20-9-18(24)2-4-21(20)25/h2-5,9,14-17,26H,6-8,10-13H2,1H3/t14-,15?,16?,17?,23?/m0/s1. The summed E-state index contributed by atoms with van der Waals surface area (Å²) in [6.45, 7) is 3.16. The topological polar surface area (TPSA) is 25.2 Å². The molecule has 4 aliphatic rings. The first kappa shape index (κ1) is 18.1. The Labute approximate surface area is 171 Å². The molecule has 0 unspecified atom stereocenters. The molecule has 1 heterocycles. The Morgan fingerprint density at radius 3 is 2.37 bits per heavy atom. The lowest BCUT2D eigenvalue weighted by Gasteiger charge is -2.59. The average molecular weight is 404 g/mol. The van der Waals surface area contributed by atoms with Crippen LogP contribution < -0.4 is 5.32 Å². The Morgan fingerprint density at radius 1 is 1.04 bits per heavy atom. The minimum atomic E-state index is 0.514. The van der Waals surface area contributed by atoms with Crippen LogP contribution >= 0.6 is 23.2 Å². The second-order valence-corrected chi connectivity index (χ2v) is 10.1. The van der Waals surface area contributed by atoms with Gasteiger partial charge in [-0.25, -0.2) is 0 Å². The van der Waals surface area contributed by atoms with E-state index in [4.69, 9.17) is 27.6 Å². The van der Waals surface area contributed by atoms with Crippen molar-refractivity contribution in [1.29, 1.82) is 0 Å². The smallest absolute Gasteiger partial charge is 0.135 e. The van der Waals surface area contributed by atoms with Crippen LogP contribution in [0.25, 0.3) is 11.3 Å². The Hall–Kier alpha value is -0.960. The van der Waals surface area contributed by atoms with Crippen molar-refractivity contribution in [1.82, 2.24) is 5.32 Å². The van der Waals surface area contributed by atoms with Gasteiger partial charge in [-0.3, -0.25) is 0 Å². The molecule has 144 valence electrons. The maximum Gasteiger partial charge on any atom is 0.135 e. The van der Waals surface area contributed by atoms with Crippen molar-refractivity contribution in [3.05, 3.63) is 46.1 Å². The molecule has 6 rings (SSSR count). The maximum atomic E-state index is 6.31. The quantitative estimate of drug-likeness (QED) is 0.583. The Bertz CT molecular complexity index is 807. The fourth-order valence-corrected chi connectivity index (χ4v) is 6.86. The molecule has 1 aromatic carbocycles. The van der Waals surface area contributed by atoms with Gasteiger partial charge in [0.15, 0.2) is 0 Å². The van der Waals surface area contributed by atoms with E-state index in [0.29, 0.717) is 21.5 Å². The molecule has 0 saturated heterocycles. The number of halogens is 2. The monoisotopic (exact) mass is 403 g/mol. The van der Waals surface area contributed by atoms with E-state index < -0.39 is 0 Å². The predicted octanol–water partition coefficient (Wildman–Crippen LogP) is 6.95. The van der Waals surface area contributed by atoms with Crippen molar-refractivity contribution >= 4 is 23.2 Å². The summed E-state index contributed by atoms with van der Waals surface area (Å²) in [5.41, 5.74) is 1.37. The van der Waals surface area contributed by atoms with Crippen LogP contribution in [0.4, 0.5) is 0 Å². The molecule has 4 aliphatic carbocycles. The van der Waals surface area contributed by atoms with E-state index in [9.17, 15) is 0 Å². The van der Waals surface area contributed by atoms with E-state index in [2.05, 4.69) is 12.2 Å². The summed E-state index contributed by atoms with van der Waals surface area (Å²) in [4.78, 5) is 0. The van der Waals surface area contributed by atoms with Gasteiger partial charge in [0.2, 0.25) is 0 Å². The molecule has 4 saturated carbocycles. The minimum Gasteiger partial charge on any atom is -0.460 e. The first-order chi connectivity index (χ1) is 13.0. The van der Waals surface area contributed by atoms with Crippen molar-refractivity contribution < 1.29 is 4.42 Å². The third-order valence-electron chi connectivity index (χ3n) is 7.44.